The maximum absolute atomic E-state index is 5.73. The topological polar surface area (TPSA) is 30.5 Å². The van der Waals surface area contributed by atoms with Crippen LogP contribution in [0.5, 0.6) is 11.5 Å². The first-order chi connectivity index (χ1) is 9.78. The van der Waals surface area contributed by atoms with Gasteiger partial charge in [-0.1, -0.05) is 19.8 Å². The highest BCUT2D eigenvalue weighted by molar-refractivity contribution is 5.60. The molecule has 0 aromatic heterocycles. The van der Waals surface area contributed by atoms with Gasteiger partial charge in [0.1, 0.15) is 11.5 Å². The van der Waals surface area contributed by atoms with Crippen LogP contribution >= 0.6 is 0 Å². The maximum atomic E-state index is 5.73. The van der Waals surface area contributed by atoms with Crippen LogP contribution < -0.4 is 14.8 Å². The van der Waals surface area contributed by atoms with E-state index < -0.39 is 0 Å². The number of ether oxygens (including phenoxy) is 2. The van der Waals surface area contributed by atoms with Crippen LogP contribution in [0.15, 0.2) is 18.2 Å². The molecule has 3 nitrogen and oxygen atoms in total. The molecule has 1 saturated carbocycles. The fourth-order valence-electron chi connectivity index (χ4n) is 3.07. The van der Waals surface area contributed by atoms with Crippen molar-refractivity contribution in [1.29, 1.82) is 0 Å². The van der Waals surface area contributed by atoms with Crippen molar-refractivity contribution in [2.45, 2.75) is 52.5 Å². The lowest BCUT2D eigenvalue weighted by Gasteiger charge is -2.23. The second kappa shape index (κ2) is 7.41. The van der Waals surface area contributed by atoms with Gasteiger partial charge in [-0.15, -0.1) is 0 Å². The van der Waals surface area contributed by atoms with Gasteiger partial charge in [-0.3, -0.25) is 0 Å². The predicted molar refractivity (Wildman–Crippen MR) is 83.8 cm³/mol. The van der Waals surface area contributed by atoms with Gasteiger partial charge in [-0.25, -0.2) is 0 Å². The normalized spacial score (nSPS) is 21.8. The Labute approximate surface area is 122 Å². The lowest BCUT2D eigenvalue weighted by Crippen LogP contribution is -2.23. The van der Waals surface area contributed by atoms with E-state index in [-0.39, 0.29) is 0 Å². The molecule has 20 heavy (non-hydrogen) atoms. The molecule has 2 rings (SSSR count). The second-order valence-corrected chi connectivity index (χ2v) is 5.37. The molecule has 1 aliphatic rings. The van der Waals surface area contributed by atoms with E-state index in [1.54, 1.807) is 0 Å². The zero-order chi connectivity index (χ0) is 14.4. The minimum atomic E-state index is 0.566. The van der Waals surface area contributed by atoms with Crippen molar-refractivity contribution in [3.63, 3.8) is 0 Å². The first-order valence-electron chi connectivity index (χ1n) is 7.94. The van der Waals surface area contributed by atoms with Gasteiger partial charge in [0.05, 0.1) is 18.9 Å². The van der Waals surface area contributed by atoms with E-state index in [2.05, 4.69) is 18.3 Å². The first kappa shape index (κ1) is 15.0. The molecule has 112 valence electrons. The van der Waals surface area contributed by atoms with Crippen molar-refractivity contribution in [3.8, 4) is 11.5 Å². The van der Waals surface area contributed by atoms with Gasteiger partial charge in [-0.05, 0) is 44.7 Å². The summed E-state index contributed by atoms with van der Waals surface area (Å²) in [6, 6.07) is 6.62. The molecule has 0 spiro atoms. The summed E-state index contributed by atoms with van der Waals surface area (Å²) >= 11 is 0. The van der Waals surface area contributed by atoms with E-state index in [1.165, 1.54) is 25.7 Å². The van der Waals surface area contributed by atoms with Crippen LogP contribution in [0, 0.1) is 5.92 Å². The minimum Gasteiger partial charge on any atom is -0.494 e. The number of nitrogens with one attached hydrogen (secondary N) is 1. The quantitative estimate of drug-likeness (QED) is 0.797. The van der Waals surface area contributed by atoms with Gasteiger partial charge in [0, 0.05) is 12.1 Å². The smallest absolute Gasteiger partial charge is 0.142 e. The molecule has 0 amide bonds. The van der Waals surface area contributed by atoms with Crippen LogP contribution in [0.3, 0.4) is 0 Å². The Morgan fingerprint density at radius 1 is 1.10 bits per heavy atom. The molecule has 0 saturated heterocycles. The summed E-state index contributed by atoms with van der Waals surface area (Å²) in [6.45, 7) is 7.68. The molecule has 1 fully saturated rings. The average Bonchev–Trinajstić information content (AvgIpc) is 2.89. The Hall–Kier alpha value is -1.38. The summed E-state index contributed by atoms with van der Waals surface area (Å²) in [5, 5.41) is 3.69. The van der Waals surface area contributed by atoms with Crippen molar-refractivity contribution in [1.82, 2.24) is 0 Å². The Morgan fingerprint density at radius 2 is 1.90 bits per heavy atom. The third-order valence-electron chi connectivity index (χ3n) is 4.09. The molecule has 0 heterocycles. The zero-order valence-electron chi connectivity index (χ0n) is 12.9. The van der Waals surface area contributed by atoms with Crippen molar-refractivity contribution >= 4 is 5.69 Å². The van der Waals surface area contributed by atoms with Crippen LogP contribution in [0.1, 0.15) is 46.5 Å². The van der Waals surface area contributed by atoms with Crippen molar-refractivity contribution in [2.24, 2.45) is 5.92 Å². The summed E-state index contributed by atoms with van der Waals surface area (Å²) < 4.78 is 11.3. The van der Waals surface area contributed by atoms with E-state index in [9.17, 15) is 0 Å². The molecule has 1 aromatic carbocycles. The van der Waals surface area contributed by atoms with Crippen molar-refractivity contribution in [3.05, 3.63) is 18.2 Å². The Morgan fingerprint density at radius 3 is 2.60 bits per heavy atom. The van der Waals surface area contributed by atoms with E-state index in [1.807, 2.05) is 26.0 Å². The largest absolute Gasteiger partial charge is 0.494 e. The molecular formula is C17H27NO2. The first-order valence-corrected chi connectivity index (χ1v) is 7.94. The molecule has 0 bridgehead atoms. The number of anilines is 1. The molecule has 3 heteroatoms. The van der Waals surface area contributed by atoms with Crippen LogP contribution in [-0.4, -0.2) is 19.3 Å². The number of benzene rings is 1. The summed E-state index contributed by atoms with van der Waals surface area (Å²) in [5.74, 6) is 2.61. The van der Waals surface area contributed by atoms with Gasteiger partial charge in [0.15, 0.2) is 0 Å². The molecular weight excluding hydrogens is 250 g/mol. The minimum absolute atomic E-state index is 0.566. The molecule has 0 aliphatic heterocycles. The van der Waals surface area contributed by atoms with E-state index in [4.69, 9.17) is 9.47 Å². The van der Waals surface area contributed by atoms with Gasteiger partial charge in [0.25, 0.3) is 0 Å². The monoisotopic (exact) mass is 277 g/mol. The third kappa shape index (κ3) is 3.59. The molecule has 0 radical (unpaired) electrons. The molecule has 2 unspecified atom stereocenters. The van der Waals surface area contributed by atoms with E-state index >= 15 is 0 Å². The fourth-order valence-corrected chi connectivity index (χ4v) is 3.07. The van der Waals surface area contributed by atoms with Crippen LogP contribution in [0.4, 0.5) is 5.69 Å². The Kier molecular flexibility index (Phi) is 5.57. The summed E-state index contributed by atoms with van der Waals surface area (Å²) in [4.78, 5) is 0. The number of hydrogen-bond donors (Lipinski definition) is 1. The standard InChI is InChI=1S/C17H27NO2/c1-4-13-8-7-9-15(13)18-16-12-14(19-5-2)10-11-17(16)20-6-3/h10-13,15,18H,4-9H2,1-3H3. The number of rotatable bonds is 7. The maximum Gasteiger partial charge on any atom is 0.142 e. The summed E-state index contributed by atoms with van der Waals surface area (Å²) in [7, 11) is 0. The highest BCUT2D eigenvalue weighted by atomic mass is 16.5. The lowest BCUT2D eigenvalue weighted by atomic mass is 10.0. The van der Waals surface area contributed by atoms with E-state index in [0.717, 1.165) is 23.1 Å². The van der Waals surface area contributed by atoms with Crippen LogP contribution in [0.2, 0.25) is 0 Å². The van der Waals surface area contributed by atoms with Gasteiger partial charge in [-0.2, -0.15) is 0 Å². The molecule has 1 N–H and O–H groups in total. The molecule has 1 aliphatic carbocycles. The number of hydrogen-bond acceptors (Lipinski definition) is 3. The Bertz CT molecular complexity index is 419. The SMILES string of the molecule is CCOc1ccc(OCC)c(NC2CCCC2CC)c1. The van der Waals surface area contributed by atoms with Crippen molar-refractivity contribution < 1.29 is 9.47 Å². The lowest BCUT2D eigenvalue weighted by molar-refractivity contribution is 0.331. The summed E-state index contributed by atoms with van der Waals surface area (Å²) in [5.41, 5.74) is 1.07. The third-order valence-corrected chi connectivity index (χ3v) is 4.09. The predicted octanol–water partition coefficient (Wildman–Crippen LogP) is 4.47. The van der Waals surface area contributed by atoms with Gasteiger partial charge in [0.2, 0.25) is 0 Å². The second-order valence-electron chi connectivity index (χ2n) is 5.37. The average molecular weight is 277 g/mol. The highest BCUT2D eigenvalue weighted by Gasteiger charge is 2.26. The van der Waals surface area contributed by atoms with Crippen molar-refractivity contribution in [2.75, 3.05) is 18.5 Å². The van der Waals surface area contributed by atoms with Gasteiger partial charge >= 0.3 is 0 Å². The van der Waals surface area contributed by atoms with Gasteiger partial charge < -0.3 is 14.8 Å². The molecule has 1 aromatic rings. The highest BCUT2D eigenvalue weighted by Crippen LogP contribution is 2.35. The van der Waals surface area contributed by atoms with E-state index in [0.29, 0.717) is 19.3 Å². The molecule has 2 atom stereocenters. The summed E-state index contributed by atoms with van der Waals surface area (Å²) in [6.07, 6.45) is 5.16. The zero-order valence-corrected chi connectivity index (χ0v) is 12.9. The van der Waals surface area contributed by atoms with Crippen LogP contribution in [0.25, 0.3) is 0 Å². The van der Waals surface area contributed by atoms with Crippen LogP contribution in [-0.2, 0) is 0 Å². The Balaban J connectivity index is 2.16. The fraction of sp³-hybridized carbons (Fsp3) is 0.647.